The first kappa shape index (κ1) is 24.0. The van der Waals surface area contributed by atoms with Gasteiger partial charge in [-0.25, -0.2) is 4.39 Å². The summed E-state index contributed by atoms with van der Waals surface area (Å²) >= 11 is 9.57. The molecule has 0 bridgehead atoms. The number of carbonyl (C=O) groups excluding carboxylic acids is 1. The van der Waals surface area contributed by atoms with Gasteiger partial charge in [0.1, 0.15) is 18.2 Å². The van der Waals surface area contributed by atoms with Crippen molar-refractivity contribution in [2.24, 2.45) is 0 Å². The van der Waals surface area contributed by atoms with Crippen molar-refractivity contribution in [1.29, 1.82) is 0 Å². The number of hydrogen-bond donors (Lipinski definition) is 1. The van der Waals surface area contributed by atoms with Crippen LogP contribution in [0.25, 0.3) is 0 Å². The Morgan fingerprint density at radius 3 is 2.62 bits per heavy atom. The molecule has 0 saturated heterocycles. The average molecular weight is 543 g/mol. The lowest BCUT2D eigenvalue weighted by Gasteiger charge is -2.10. The minimum Gasteiger partial charge on any atom is -0.489 e. The first-order valence-corrected chi connectivity index (χ1v) is 11.7. The van der Waals surface area contributed by atoms with Crippen LogP contribution in [0.15, 0.2) is 71.2 Å². The van der Waals surface area contributed by atoms with Gasteiger partial charge >= 0.3 is 0 Å². The largest absolute Gasteiger partial charge is 0.489 e. The SMILES string of the molecule is Cc1nn(Cc2ccc(F)cc2Cl)c(C)c1NC(=O)c1cccc(COc2ccc(Br)cc2)c1. The highest BCUT2D eigenvalue weighted by Crippen LogP contribution is 2.24. The van der Waals surface area contributed by atoms with Crippen LogP contribution in [-0.4, -0.2) is 15.7 Å². The van der Waals surface area contributed by atoms with E-state index < -0.39 is 0 Å². The fraction of sp³-hybridized carbons (Fsp3) is 0.154. The van der Waals surface area contributed by atoms with Gasteiger partial charge in [0.15, 0.2) is 0 Å². The molecular formula is C26H22BrClFN3O2. The Bertz CT molecular complexity index is 1340. The van der Waals surface area contributed by atoms with Crippen LogP contribution >= 0.6 is 27.5 Å². The van der Waals surface area contributed by atoms with Gasteiger partial charge in [0, 0.05) is 15.1 Å². The van der Waals surface area contributed by atoms with Crippen LogP contribution in [0.1, 0.15) is 32.9 Å². The molecule has 0 aliphatic rings. The predicted octanol–water partition coefficient (Wildman–Crippen LogP) is 6.93. The zero-order valence-electron chi connectivity index (χ0n) is 18.6. The van der Waals surface area contributed by atoms with E-state index >= 15 is 0 Å². The number of ether oxygens (including phenoxy) is 1. The van der Waals surface area contributed by atoms with E-state index in [-0.39, 0.29) is 11.7 Å². The van der Waals surface area contributed by atoms with Crippen LogP contribution in [0.3, 0.4) is 0 Å². The quantitative estimate of drug-likeness (QED) is 0.275. The third-order valence-corrected chi connectivity index (χ3v) is 6.24. The van der Waals surface area contributed by atoms with E-state index in [4.69, 9.17) is 16.3 Å². The maximum Gasteiger partial charge on any atom is 0.255 e. The number of amides is 1. The molecule has 4 aromatic rings. The standard InChI is InChI=1S/C26H22BrClFN3O2/c1-16-25(17(2)32(31-16)14-20-6-9-22(29)13-24(20)28)30-26(33)19-5-3-4-18(12-19)15-34-23-10-7-21(27)8-11-23/h3-13H,14-15H2,1-2H3,(H,30,33). The highest BCUT2D eigenvalue weighted by molar-refractivity contribution is 9.10. The summed E-state index contributed by atoms with van der Waals surface area (Å²) in [6.07, 6.45) is 0. The summed E-state index contributed by atoms with van der Waals surface area (Å²) in [5.74, 6) is 0.119. The smallest absolute Gasteiger partial charge is 0.255 e. The zero-order valence-corrected chi connectivity index (χ0v) is 21.0. The summed E-state index contributed by atoms with van der Waals surface area (Å²) in [5.41, 5.74) is 4.24. The lowest BCUT2D eigenvalue weighted by Crippen LogP contribution is -2.14. The third-order valence-electron chi connectivity index (χ3n) is 5.36. The molecule has 0 unspecified atom stereocenters. The number of nitrogens with zero attached hydrogens (tertiary/aromatic N) is 2. The topological polar surface area (TPSA) is 56.2 Å². The molecule has 0 radical (unpaired) electrons. The molecule has 0 aliphatic heterocycles. The number of anilines is 1. The second kappa shape index (κ2) is 10.4. The van der Waals surface area contributed by atoms with Crippen LogP contribution in [0.2, 0.25) is 5.02 Å². The van der Waals surface area contributed by atoms with E-state index in [0.29, 0.717) is 35.1 Å². The fourth-order valence-electron chi connectivity index (χ4n) is 3.53. The molecule has 0 fully saturated rings. The molecule has 0 saturated carbocycles. The number of nitrogens with one attached hydrogen (secondary N) is 1. The number of carbonyl (C=O) groups is 1. The van der Waals surface area contributed by atoms with Crippen LogP contribution in [0.4, 0.5) is 10.1 Å². The monoisotopic (exact) mass is 541 g/mol. The van der Waals surface area contributed by atoms with Crippen molar-refractivity contribution in [3.05, 3.63) is 110 Å². The molecule has 4 rings (SSSR count). The van der Waals surface area contributed by atoms with E-state index in [1.54, 1.807) is 16.8 Å². The number of benzene rings is 3. The molecule has 3 aromatic carbocycles. The van der Waals surface area contributed by atoms with E-state index in [2.05, 4.69) is 26.3 Å². The summed E-state index contributed by atoms with van der Waals surface area (Å²) in [4.78, 5) is 13.0. The lowest BCUT2D eigenvalue weighted by molar-refractivity contribution is 0.102. The van der Waals surface area contributed by atoms with Crippen molar-refractivity contribution in [1.82, 2.24) is 9.78 Å². The summed E-state index contributed by atoms with van der Waals surface area (Å²) in [6, 6.07) is 19.2. The van der Waals surface area contributed by atoms with Crippen molar-refractivity contribution in [2.45, 2.75) is 27.0 Å². The maximum atomic E-state index is 13.4. The van der Waals surface area contributed by atoms with Gasteiger partial charge < -0.3 is 10.1 Å². The summed E-state index contributed by atoms with van der Waals surface area (Å²) in [6.45, 7) is 4.41. The second-order valence-electron chi connectivity index (χ2n) is 7.84. The van der Waals surface area contributed by atoms with E-state index in [1.165, 1.54) is 12.1 Å². The molecule has 0 spiro atoms. The van der Waals surface area contributed by atoms with Crippen LogP contribution in [0.5, 0.6) is 5.75 Å². The molecule has 5 nitrogen and oxygen atoms in total. The van der Waals surface area contributed by atoms with Crippen molar-refractivity contribution in [3.8, 4) is 5.75 Å². The van der Waals surface area contributed by atoms with E-state index in [9.17, 15) is 9.18 Å². The number of rotatable bonds is 7. The minimum atomic E-state index is -0.389. The third kappa shape index (κ3) is 5.66. The van der Waals surface area contributed by atoms with Gasteiger partial charge in [0.25, 0.3) is 5.91 Å². The normalized spacial score (nSPS) is 10.9. The number of aromatic nitrogens is 2. The van der Waals surface area contributed by atoms with Gasteiger partial charge in [0.2, 0.25) is 0 Å². The number of aryl methyl sites for hydroxylation is 1. The molecule has 174 valence electrons. The molecule has 1 heterocycles. The van der Waals surface area contributed by atoms with Crippen molar-refractivity contribution in [2.75, 3.05) is 5.32 Å². The lowest BCUT2D eigenvalue weighted by atomic mass is 10.1. The van der Waals surface area contributed by atoms with Gasteiger partial charge in [0.05, 0.1) is 23.6 Å². The molecule has 1 amide bonds. The number of hydrogen-bond acceptors (Lipinski definition) is 3. The summed E-state index contributed by atoms with van der Waals surface area (Å²) in [5, 5.41) is 7.83. The Labute approximate surface area is 210 Å². The van der Waals surface area contributed by atoms with Gasteiger partial charge in [-0.2, -0.15) is 5.10 Å². The van der Waals surface area contributed by atoms with Crippen molar-refractivity contribution in [3.63, 3.8) is 0 Å². The first-order valence-electron chi connectivity index (χ1n) is 10.6. The molecule has 1 N–H and O–H groups in total. The second-order valence-corrected chi connectivity index (χ2v) is 9.16. The highest BCUT2D eigenvalue weighted by Gasteiger charge is 2.16. The first-order chi connectivity index (χ1) is 16.3. The molecule has 8 heteroatoms. The number of halogens is 3. The molecular weight excluding hydrogens is 521 g/mol. The van der Waals surface area contributed by atoms with Gasteiger partial charge in [-0.3, -0.25) is 9.48 Å². The molecule has 0 aliphatic carbocycles. The Kier molecular flexibility index (Phi) is 7.34. The Balaban J connectivity index is 1.46. The highest BCUT2D eigenvalue weighted by atomic mass is 79.9. The average Bonchev–Trinajstić information content (AvgIpc) is 3.08. The Morgan fingerprint density at radius 1 is 1.12 bits per heavy atom. The van der Waals surface area contributed by atoms with E-state index in [0.717, 1.165) is 27.0 Å². The molecule has 1 aromatic heterocycles. The predicted molar refractivity (Wildman–Crippen MR) is 135 cm³/mol. The van der Waals surface area contributed by atoms with Gasteiger partial charge in [-0.1, -0.05) is 45.7 Å². The zero-order chi connectivity index (χ0) is 24.2. The summed E-state index contributed by atoms with van der Waals surface area (Å²) < 4.78 is 21.9. The van der Waals surface area contributed by atoms with Gasteiger partial charge in [-0.15, -0.1) is 0 Å². The maximum absolute atomic E-state index is 13.4. The van der Waals surface area contributed by atoms with Crippen LogP contribution in [0, 0.1) is 19.7 Å². The van der Waals surface area contributed by atoms with Crippen molar-refractivity contribution < 1.29 is 13.9 Å². The summed E-state index contributed by atoms with van der Waals surface area (Å²) in [7, 11) is 0. The van der Waals surface area contributed by atoms with Gasteiger partial charge in [-0.05, 0) is 73.5 Å². The van der Waals surface area contributed by atoms with Crippen molar-refractivity contribution >= 4 is 39.1 Å². The minimum absolute atomic E-state index is 0.240. The van der Waals surface area contributed by atoms with Crippen LogP contribution in [-0.2, 0) is 13.2 Å². The Morgan fingerprint density at radius 2 is 1.88 bits per heavy atom. The molecule has 0 atom stereocenters. The Hall–Kier alpha value is -3.16. The fourth-order valence-corrected chi connectivity index (χ4v) is 4.02. The van der Waals surface area contributed by atoms with Crippen LogP contribution < -0.4 is 10.1 Å². The molecule has 34 heavy (non-hydrogen) atoms. The van der Waals surface area contributed by atoms with E-state index in [1.807, 2.05) is 56.3 Å².